The third kappa shape index (κ3) is 5.59. The van der Waals surface area contributed by atoms with Gasteiger partial charge in [-0.2, -0.15) is 0 Å². The minimum absolute atomic E-state index is 0.275. The van der Waals surface area contributed by atoms with Gasteiger partial charge in [0, 0.05) is 25.2 Å². The van der Waals surface area contributed by atoms with Gasteiger partial charge < -0.3 is 15.1 Å². The van der Waals surface area contributed by atoms with E-state index >= 15 is 0 Å². The highest BCUT2D eigenvalue weighted by Gasteiger charge is 2.12. The van der Waals surface area contributed by atoms with Crippen LogP contribution in [-0.2, 0) is 6.54 Å². The lowest BCUT2D eigenvalue weighted by Gasteiger charge is -2.26. The molecule has 0 aliphatic heterocycles. The van der Waals surface area contributed by atoms with Gasteiger partial charge >= 0.3 is 0 Å². The monoisotopic (exact) mass is 296 g/mol. The van der Waals surface area contributed by atoms with Crippen molar-refractivity contribution < 1.29 is 4.39 Å². The standard InChI is InChI=1S/C16H29FN4/c1-5-20(6-2)9-8-10-21(7-3)16-14(12-18-4)11-15(17)13-19-16/h11,13,18H,5-10,12H2,1-4H3. The van der Waals surface area contributed by atoms with Crippen LogP contribution in [0.2, 0.25) is 0 Å². The van der Waals surface area contributed by atoms with E-state index in [1.165, 1.54) is 6.20 Å². The van der Waals surface area contributed by atoms with E-state index in [1.54, 1.807) is 6.07 Å². The third-order valence-electron chi connectivity index (χ3n) is 3.75. The molecule has 1 aromatic heterocycles. The van der Waals surface area contributed by atoms with E-state index in [0.29, 0.717) is 6.54 Å². The molecule has 0 aromatic carbocycles. The lowest BCUT2D eigenvalue weighted by atomic mass is 10.2. The molecule has 4 nitrogen and oxygen atoms in total. The molecule has 5 heteroatoms. The number of rotatable bonds is 10. The average Bonchev–Trinajstić information content (AvgIpc) is 2.49. The topological polar surface area (TPSA) is 31.4 Å². The molecule has 120 valence electrons. The lowest BCUT2D eigenvalue weighted by molar-refractivity contribution is 0.300. The van der Waals surface area contributed by atoms with Gasteiger partial charge in [-0.15, -0.1) is 0 Å². The van der Waals surface area contributed by atoms with E-state index in [-0.39, 0.29) is 5.82 Å². The molecule has 0 bridgehead atoms. The Morgan fingerprint density at radius 1 is 1.14 bits per heavy atom. The number of nitrogens with one attached hydrogen (secondary N) is 1. The van der Waals surface area contributed by atoms with Gasteiger partial charge in [0.05, 0.1) is 6.20 Å². The zero-order valence-corrected chi connectivity index (χ0v) is 13.8. The maximum absolute atomic E-state index is 13.4. The normalized spacial score (nSPS) is 11.1. The second-order valence-electron chi connectivity index (χ2n) is 5.13. The summed E-state index contributed by atoms with van der Waals surface area (Å²) in [5, 5.41) is 3.08. The Bertz CT molecular complexity index is 407. The fraction of sp³-hybridized carbons (Fsp3) is 0.688. The molecule has 1 N–H and O–H groups in total. The van der Waals surface area contributed by atoms with E-state index in [9.17, 15) is 4.39 Å². The number of hydrogen-bond donors (Lipinski definition) is 1. The van der Waals surface area contributed by atoms with E-state index in [1.807, 2.05) is 7.05 Å². The van der Waals surface area contributed by atoms with Gasteiger partial charge in [-0.05, 0) is 46.1 Å². The third-order valence-corrected chi connectivity index (χ3v) is 3.75. The Labute approximate surface area is 128 Å². The van der Waals surface area contributed by atoms with Crippen LogP contribution in [0, 0.1) is 5.82 Å². The maximum Gasteiger partial charge on any atom is 0.141 e. The molecule has 0 radical (unpaired) electrons. The molecule has 0 atom stereocenters. The zero-order valence-electron chi connectivity index (χ0n) is 13.8. The summed E-state index contributed by atoms with van der Waals surface area (Å²) in [5.41, 5.74) is 0.919. The van der Waals surface area contributed by atoms with Gasteiger partial charge in [0.2, 0.25) is 0 Å². The summed E-state index contributed by atoms with van der Waals surface area (Å²) >= 11 is 0. The second-order valence-corrected chi connectivity index (χ2v) is 5.13. The van der Waals surface area contributed by atoms with Crippen molar-refractivity contribution in [1.29, 1.82) is 0 Å². The molecule has 1 rings (SSSR count). The molecule has 0 saturated carbocycles. The summed E-state index contributed by atoms with van der Waals surface area (Å²) in [7, 11) is 1.87. The molecule has 1 aromatic rings. The van der Waals surface area contributed by atoms with Crippen LogP contribution in [0.4, 0.5) is 10.2 Å². The molecule has 0 aliphatic carbocycles. The van der Waals surface area contributed by atoms with Crippen LogP contribution >= 0.6 is 0 Å². The van der Waals surface area contributed by atoms with Crippen molar-refractivity contribution in [3.05, 3.63) is 23.6 Å². The average molecular weight is 296 g/mol. The maximum atomic E-state index is 13.4. The van der Waals surface area contributed by atoms with Gasteiger partial charge in [0.1, 0.15) is 11.6 Å². The van der Waals surface area contributed by atoms with Crippen LogP contribution in [-0.4, -0.2) is 49.7 Å². The van der Waals surface area contributed by atoms with Crippen molar-refractivity contribution in [3.8, 4) is 0 Å². The molecular weight excluding hydrogens is 267 g/mol. The summed E-state index contributed by atoms with van der Waals surface area (Å²) < 4.78 is 13.4. The van der Waals surface area contributed by atoms with Gasteiger partial charge in [0.25, 0.3) is 0 Å². The minimum Gasteiger partial charge on any atom is -0.357 e. The Balaban J connectivity index is 2.71. The van der Waals surface area contributed by atoms with Crippen molar-refractivity contribution >= 4 is 5.82 Å². The van der Waals surface area contributed by atoms with Crippen LogP contribution in [0.1, 0.15) is 32.8 Å². The highest BCUT2D eigenvalue weighted by molar-refractivity contribution is 5.46. The van der Waals surface area contributed by atoms with Crippen molar-refractivity contribution in [1.82, 2.24) is 15.2 Å². The molecule has 0 aliphatic rings. The molecule has 0 saturated heterocycles. The highest BCUT2D eigenvalue weighted by Crippen LogP contribution is 2.18. The van der Waals surface area contributed by atoms with Crippen molar-refractivity contribution in [2.45, 2.75) is 33.7 Å². The summed E-state index contributed by atoms with van der Waals surface area (Å²) in [6.07, 6.45) is 2.40. The molecule has 0 unspecified atom stereocenters. The zero-order chi connectivity index (χ0) is 15.7. The van der Waals surface area contributed by atoms with E-state index in [2.05, 4.69) is 40.9 Å². The molecule has 0 fully saturated rings. The predicted molar refractivity (Wildman–Crippen MR) is 87.3 cm³/mol. The first-order chi connectivity index (χ1) is 10.2. The SMILES string of the molecule is CCN(CC)CCCN(CC)c1ncc(F)cc1CNC. The van der Waals surface area contributed by atoms with Crippen molar-refractivity contribution in [3.63, 3.8) is 0 Å². The first-order valence-corrected chi connectivity index (χ1v) is 7.92. The molecule has 0 amide bonds. The first-order valence-electron chi connectivity index (χ1n) is 7.92. The van der Waals surface area contributed by atoms with E-state index in [4.69, 9.17) is 0 Å². The smallest absolute Gasteiger partial charge is 0.141 e. The Morgan fingerprint density at radius 2 is 1.86 bits per heavy atom. The van der Waals surface area contributed by atoms with Crippen LogP contribution in [0.25, 0.3) is 0 Å². The number of aromatic nitrogens is 1. The number of hydrogen-bond acceptors (Lipinski definition) is 4. The highest BCUT2D eigenvalue weighted by atomic mass is 19.1. The fourth-order valence-corrected chi connectivity index (χ4v) is 2.52. The number of pyridine rings is 1. The Morgan fingerprint density at radius 3 is 2.43 bits per heavy atom. The molecule has 21 heavy (non-hydrogen) atoms. The number of halogens is 1. The Hall–Kier alpha value is -1.20. The first kappa shape index (κ1) is 17.9. The summed E-state index contributed by atoms with van der Waals surface area (Å²) in [6.45, 7) is 12.2. The summed E-state index contributed by atoms with van der Waals surface area (Å²) in [5.74, 6) is 0.621. The van der Waals surface area contributed by atoms with Crippen molar-refractivity contribution in [2.75, 3.05) is 44.7 Å². The quantitative estimate of drug-likeness (QED) is 0.719. The van der Waals surface area contributed by atoms with E-state index < -0.39 is 0 Å². The second kappa shape index (κ2) is 9.68. The minimum atomic E-state index is -0.275. The van der Waals surface area contributed by atoms with Crippen LogP contribution < -0.4 is 10.2 Å². The fourth-order valence-electron chi connectivity index (χ4n) is 2.52. The lowest BCUT2D eigenvalue weighted by Crippen LogP contribution is -2.31. The van der Waals surface area contributed by atoms with Crippen LogP contribution in [0.3, 0.4) is 0 Å². The predicted octanol–water partition coefficient (Wildman–Crippen LogP) is 2.50. The summed E-state index contributed by atoms with van der Waals surface area (Å²) in [6, 6.07) is 1.58. The largest absolute Gasteiger partial charge is 0.357 e. The van der Waals surface area contributed by atoms with E-state index in [0.717, 1.165) is 50.5 Å². The van der Waals surface area contributed by atoms with Gasteiger partial charge in [-0.25, -0.2) is 9.37 Å². The summed E-state index contributed by atoms with van der Waals surface area (Å²) in [4.78, 5) is 8.95. The molecule has 0 spiro atoms. The van der Waals surface area contributed by atoms with Crippen molar-refractivity contribution in [2.24, 2.45) is 0 Å². The number of anilines is 1. The van der Waals surface area contributed by atoms with Gasteiger partial charge in [-0.1, -0.05) is 13.8 Å². The van der Waals surface area contributed by atoms with Crippen LogP contribution in [0.5, 0.6) is 0 Å². The van der Waals surface area contributed by atoms with Crippen LogP contribution in [0.15, 0.2) is 12.3 Å². The van der Waals surface area contributed by atoms with Gasteiger partial charge in [0.15, 0.2) is 0 Å². The Kier molecular flexibility index (Phi) is 8.23. The number of nitrogens with zero attached hydrogens (tertiary/aromatic N) is 3. The van der Waals surface area contributed by atoms with Gasteiger partial charge in [-0.3, -0.25) is 0 Å². The molecule has 1 heterocycles. The molecular formula is C16H29FN4.